The summed E-state index contributed by atoms with van der Waals surface area (Å²) < 4.78 is 0. The maximum Gasteiger partial charge on any atom is 0.243 e. The van der Waals surface area contributed by atoms with E-state index in [4.69, 9.17) is 0 Å². The van der Waals surface area contributed by atoms with E-state index < -0.39 is 0 Å². The van der Waals surface area contributed by atoms with Crippen LogP contribution in [0.1, 0.15) is 39.5 Å². The van der Waals surface area contributed by atoms with Gasteiger partial charge in [-0.2, -0.15) is 0 Å². The van der Waals surface area contributed by atoms with E-state index in [0.29, 0.717) is 5.78 Å². The molecule has 0 spiro atoms. The molecule has 82 valence electrons. The third-order valence-corrected chi connectivity index (χ3v) is 1.49. The first-order valence-corrected chi connectivity index (χ1v) is 4.98. The molecular formula is C11H21NO2. The number of ketones is 1. The van der Waals surface area contributed by atoms with Crippen LogP contribution in [0.3, 0.4) is 0 Å². The van der Waals surface area contributed by atoms with E-state index in [0.717, 1.165) is 25.7 Å². The first-order chi connectivity index (χ1) is 6.62. The Morgan fingerprint density at radius 1 is 1.21 bits per heavy atom. The number of carbonyl (C=O) groups excluding carboxylic acids is 2. The van der Waals surface area contributed by atoms with Gasteiger partial charge in [0.25, 0.3) is 0 Å². The Hall–Kier alpha value is -1.12. The van der Waals surface area contributed by atoms with Gasteiger partial charge in [0.05, 0.1) is 0 Å². The fourth-order valence-electron chi connectivity index (χ4n) is 0.785. The lowest BCUT2D eigenvalue weighted by Crippen LogP contribution is -2.13. The monoisotopic (exact) mass is 199 g/mol. The molecule has 0 fully saturated rings. The molecule has 1 amide bonds. The fraction of sp³-hybridized carbons (Fsp3) is 0.636. The molecule has 0 heterocycles. The van der Waals surface area contributed by atoms with E-state index >= 15 is 0 Å². The summed E-state index contributed by atoms with van der Waals surface area (Å²) in [4.78, 5) is 20.6. The van der Waals surface area contributed by atoms with E-state index in [-0.39, 0.29) is 5.91 Å². The minimum Gasteiger partial charge on any atom is -0.356 e. The smallest absolute Gasteiger partial charge is 0.243 e. The largest absolute Gasteiger partial charge is 0.356 e. The Bertz CT molecular complexity index is 168. The molecule has 3 heteroatoms. The van der Waals surface area contributed by atoms with Crippen molar-refractivity contribution in [2.24, 2.45) is 0 Å². The molecule has 14 heavy (non-hydrogen) atoms. The normalized spacial score (nSPS) is 8.21. The fourth-order valence-corrected chi connectivity index (χ4v) is 0.785. The first kappa shape index (κ1) is 15.4. The number of carbonyl (C=O) groups is 2. The summed E-state index contributed by atoms with van der Waals surface area (Å²) in [6.45, 7) is 7.29. The van der Waals surface area contributed by atoms with E-state index in [1.165, 1.54) is 6.08 Å². The number of amides is 1. The van der Waals surface area contributed by atoms with E-state index in [2.05, 4.69) is 11.9 Å². The van der Waals surface area contributed by atoms with Crippen molar-refractivity contribution in [3.63, 3.8) is 0 Å². The van der Waals surface area contributed by atoms with Crippen molar-refractivity contribution >= 4 is 11.7 Å². The Morgan fingerprint density at radius 3 is 1.79 bits per heavy atom. The van der Waals surface area contributed by atoms with Gasteiger partial charge in [0.1, 0.15) is 5.78 Å². The second kappa shape index (κ2) is 11.9. The molecule has 0 aromatic heterocycles. The van der Waals surface area contributed by atoms with Gasteiger partial charge >= 0.3 is 0 Å². The average Bonchev–Trinajstić information content (AvgIpc) is 2.18. The number of hydrogen-bond acceptors (Lipinski definition) is 2. The second-order valence-corrected chi connectivity index (χ2v) is 2.86. The van der Waals surface area contributed by atoms with Gasteiger partial charge in [-0.15, -0.1) is 0 Å². The maximum atomic E-state index is 10.6. The predicted molar refractivity (Wildman–Crippen MR) is 59.1 cm³/mol. The molecule has 0 saturated heterocycles. The molecule has 0 unspecified atom stereocenters. The zero-order valence-corrected chi connectivity index (χ0v) is 9.43. The number of nitrogens with one attached hydrogen (secondary N) is 1. The molecule has 0 aliphatic rings. The van der Waals surface area contributed by atoms with Crippen LogP contribution in [0, 0.1) is 0 Å². The van der Waals surface area contributed by atoms with E-state index in [1.54, 1.807) is 7.05 Å². The van der Waals surface area contributed by atoms with Gasteiger partial charge in [-0.25, -0.2) is 0 Å². The van der Waals surface area contributed by atoms with Crippen molar-refractivity contribution in [3.8, 4) is 0 Å². The van der Waals surface area contributed by atoms with Crippen LogP contribution in [-0.4, -0.2) is 18.7 Å². The molecule has 0 aliphatic heterocycles. The molecule has 3 nitrogen and oxygen atoms in total. The van der Waals surface area contributed by atoms with Gasteiger partial charge in [-0.05, 0) is 18.9 Å². The summed E-state index contributed by atoms with van der Waals surface area (Å²) in [5.74, 6) is 0.269. The lowest BCUT2D eigenvalue weighted by atomic mass is 10.1. The van der Waals surface area contributed by atoms with Gasteiger partial charge in [-0.3, -0.25) is 9.59 Å². The number of rotatable bonds is 5. The van der Waals surface area contributed by atoms with Crippen molar-refractivity contribution in [2.75, 3.05) is 7.05 Å². The number of hydrogen-bond donors (Lipinski definition) is 1. The molecule has 0 bridgehead atoms. The molecule has 0 rings (SSSR count). The molecule has 0 aliphatic carbocycles. The predicted octanol–water partition coefficient (Wildman–Crippen LogP) is 2.07. The van der Waals surface area contributed by atoms with Crippen LogP contribution in [0.15, 0.2) is 12.7 Å². The van der Waals surface area contributed by atoms with E-state index in [1.807, 2.05) is 13.8 Å². The van der Waals surface area contributed by atoms with Crippen LogP contribution >= 0.6 is 0 Å². The summed E-state index contributed by atoms with van der Waals surface area (Å²) in [6.07, 6.45) is 4.76. The third-order valence-electron chi connectivity index (χ3n) is 1.49. The summed E-state index contributed by atoms with van der Waals surface area (Å²) in [6, 6.07) is 0. The van der Waals surface area contributed by atoms with Gasteiger partial charge < -0.3 is 5.32 Å². The highest BCUT2D eigenvalue weighted by Crippen LogP contribution is 1.95. The SMILES string of the molecule is C=CC(=O)NC.CCCC(=O)CCC. The molecule has 1 N–H and O–H groups in total. The minimum absolute atomic E-state index is 0.144. The average molecular weight is 199 g/mol. The molecule has 0 saturated carbocycles. The first-order valence-electron chi connectivity index (χ1n) is 4.98. The van der Waals surface area contributed by atoms with Gasteiger partial charge in [0.2, 0.25) is 5.91 Å². The van der Waals surface area contributed by atoms with Crippen LogP contribution in [0.4, 0.5) is 0 Å². The van der Waals surface area contributed by atoms with Crippen molar-refractivity contribution in [2.45, 2.75) is 39.5 Å². The van der Waals surface area contributed by atoms with Gasteiger partial charge in [-0.1, -0.05) is 20.4 Å². The summed E-state index contributed by atoms with van der Waals surface area (Å²) in [7, 11) is 1.56. The van der Waals surface area contributed by atoms with Crippen LogP contribution < -0.4 is 5.32 Å². The Labute approximate surface area is 86.6 Å². The lowest BCUT2D eigenvalue weighted by Gasteiger charge is -1.91. The Morgan fingerprint density at radius 2 is 1.64 bits per heavy atom. The molecule has 0 aromatic rings. The van der Waals surface area contributed by atoms with Gasteiger partial charge in [0.15, 0.2) is 0 Å². The Balaban J connectivity index is 0. The van der Waals surface area contributed by atoms with Crippen LogP contribution in [-0.2, 0) is 9.59 Å². The molecule has 0 aromatic carbocycles. The van der Waals surface area contributed by atoms with Crippen molar-refractivity contribution in [3.05, 3.63) is 12.7 Å². The molecular weight excluding hydrogens is 178 g/mol. The maximum absolute atomic E-state index is 10.6. The summed E-state index contributed by atoms with van der Waals surface area (Å²) in [5, 5.41) is 2.36. The third kappa shape index (κ3) is 13.5. The van der Waals surface area contributed by atoms with Crippen molar-refractivity contribution in [1.82, 2.24) is 5.32 Å². The Kier molecular flexibility index (Phi) is 13.0. The zero-order valence-electron chi connectivity index (χ0n) is 9.43. The van der Waals surface area contributed by atoms with Crippen molar-refractivity contribution in [1.29, 1.82) is 0 Å². The highest BCUT2D eigenvalue weighted by atomic mass is 16.1. The second-order valence-electron chi connectivity index (χ2n) is 2.86. The quantitative estimate of drug-likeness (QED) is 0.689. The summed E-state index contributed by atoms with van der Waals surface area (Å²) >= 11 is 0. The standard InChI is InChI=1S/C7H14O.C4H7NO/c1-3-5-7(8)6-4-2;1-3-4(6)5-2/h3-6H2,1-2H3;3H,1H2,2H3,(H,5,6). The number of Topliss-reactive ketones (excluding diaryl/α,β-unsaturated/α-hetero) is 1. The zero-order chi connectivity index (χ0) is 11.4. The van der Waals surface area contributed by atoms with Crippen LogP contribution in [0.2, 0.25) is 0 Å². The van der Waals surface area contributed by atoms with Crippen LogP contribution in [0.5, 0.6) is 0 Å². The van der Waals surface area contributed by atoms with Gasteiger partial charge in [0, 0.05) is 19.9 Å². The van der Waals surface area contributed by atoms with E-state index in [9.17, 15) is 9.59 Å². The topological polar surface area (TPSA) is 46.2 Å². The lowest BCUT2D eigenvalue weighted by molar-refractivity contribution is -0.119. The van der Waals surface area contributed by atoms with Crippen molar-refractivity contribution < 1.29 is 9.59 Å². The summed E-state index contributed by atoms with van der Waals surface area (Å²) in [5.41, 5.74) is 0. The highest BCUT2D eigenvalue weighted by molar-refractivity contribution is 5.86. The minimum atomic E-state index is -0.144. The highest BCUT2D eigenvalue weighted by Gasteiger charge is 1.94. The number of likely N-dealkylation sites (N-methyl/N-ethyl adjacent to an activating group) is 1. The molecule has 0 radical (unpaired) electrons. The molecule has 0 atom stereocenters. The van der Waals surface area contributed by atoms with Crippen LogP contribution in [0.25, 0.3) is 0 Å².